The van der Waals surface area contributed by atoms with Gasteiger partial charge in [0.05, 0.1) is 13.2 Å². The van der Waals surface area contributed by atoms with E-state index in [2.05, 4.69) is 38.1 Å². The van der Waals surface area contributed by atoms with Gasteiger partial charge in [-0.15, -0.1) is 0 Å². The fourth-order valence-corrected chi connectivity index (χ4v) is 5.55. The zero-order valence-corrected chi connectivity index (χ0v) is 25.7. The monoisotopic (exact) mass is 570 g/mol. The highest BCUT2D eigenvalue weighted by Gasteiger charge is 2.38. The first-order valence-corrected chi connectivity index (χ1v) is 15.3. The lowest BCUT2D eigenvalue weighted by Gasteiger charge is -2.35. The van der Waals surface area contributed by atoms with Crippen molar-refractivity contribution in [2.75, 3.05) is 27.4 Å². The van der Waals surface area contributed by atoms with Crippen LogP contribution in [-0.4, -0.2) is 44.8 Å². The predicted octanol–water partition coefficient (Wildman–Crippen LogP) is 7.87. The molecule has 2 aliphatic rings. The van der Waals surface area contributed by atoms with Gasteiger partial charge in [0, 0.05) is 38.2 Å². The average Bonchev–Trinajstić information content (AvgIpc) is 3.02. The molecular weight excluding hydrogens is 524 g/mol. The van der Waals surface area contributed by atoms with Crippen molar-refractivity contribution in [2.45, 2.75) is 76.8 Å². The summed E-state index contributed by atoms with van der Waals surface area (Å²) in [6.45, 7) is 5.48. The second-order valence-electron chi connectivity index (χ2n) is 11.1. The van der Waals surface area contributed by atoms with E-state index < -0.39 is 11.6 Å². The summed E-state index contributed by atoms with van der Waals surface area (Å²) in [4.78, 5) is 14.5. The van der Waals surface area contributed by atoms with E-state index in [4.69, 9.17) is 18.9 Å². The van der Waals surface area contributed by atoms with E-state index in [1.54, 1.807) is 14.2 Å². The molecule has 0 aliphatic heterocycles. The molecule has 0 fully saturated rings. The topological polar surface area (TPSA) is 54.0 Å². The number of Topliss-reactive ketones (excluding diaryl/α,β-unsaturated/α-hetero) is 1. The summed E-state index contributed by atoms with van der Waals surface area (Å²) >= 11 is 0. The molecule has 0 N–H and O–H groups in total. The zero-order chi connectivity index (χ0) is 29.8. The van der Waals surface area contributed by atoms with Crippen LogP contribution in [0.4, 0.5) is 0 Å². The number of unbranched alkanes of at least 4 members (excludes halogenated alkanes) is 2. The Morgan fingerprint density at radius 1 is 0.667 bits per heavy atom. The van der Waals surface area contributed by atoms with Gasteiger partial charge in [0.25, 0.3) is 0 Å². The maximum Gasteiger partial charge on any atom is 0.192 e. The van der Waals surface area contributed by atoms with E-state index in [1.807, 2.05) is 60.7 Å². The van der Waals surface area contributed by atoms with Gasteiger partial charge in [-0.05, 0) is 72.3 Å². The highest BCUT2D eigenvalue weighted by molar-refractivity contribution is 6.13. The van der Waals surface area contributed by atoms with Gasteiger partial charge in [0.2, 0.25) is 0 Å². The number of methoxy groups -OCH3 is 2. The van der Waals surface area contributed by atoms with Crippen molar-refractivity contribution in [1.82, 2.24) is 0 Å². The number of ether oxygens (including phenoxy) is 4. The van der Waals surface area contributed by atoms with Crippen LogP contribution in [0, 0.1) is 0 Å². The molecule has 0 aromatic heterocycles. The molecule has 2 unspecified atom stereocenters. The molecule has 0 heterocycles. The number of hydrogen-bond acceptors (Lipinski definition) is 5. The number of benzene rings is 2. The van der Waals surface area contributed by atoms with Crippen LogP contribution in [0.2, 0.25) is 0 Å². The summed E-state index contributed by atoms with van der Waals surface area (Å²) in [6, 6.07) is 20.5. The summed E-state index contributed by atoms with van der Waals surface area (Å²) in [6.07, 6.45) is 13.9. The Kier molecular flexibility index (Phi) is 11.7. The van der Waals surface area contributed by atoms with Crippen LogP contribution in [0.25, 0.3) is 0 Å². The van der Waals surface area contributed by atoms with Crippen LogP contribution in [0.3, 0.4) is 0 Å². The molecule has 42 heavy (non-hydrogen) atoms. The molecule has 5 nitrogen and oxygen atoms in total. The predicted molar refractivity (Wildman–Crippen MR) is 168 cm³/mol. The first kappa shape index (κ1) is 31.8. The molecule has 0 spiro atoms. The molecule has 0 bridgehead atoms. The fourth-order valence-electron chi connectivity index (χ4n) is 5.55. The van der Waals surface area contributed by atoms with E-state index in [9.17, 15) is 4.79 Å². The quantitative estimate of drug-likeness (QED) is 0.152. The smallest absolute Gasteiger partial charge is 0.192 e. The maximum atomic E-state index is 14.5. The molecule has 2 aromatic carbocycles. The van der Waals surface area contributed by atoms with E-state index >= 15 is 0 Å². The van der Waals surface area contributed by atoms with Crippen LogP contribution < -0.4 is 0 Å². The number of carbonyl (C=O) groups is 1. The summed E-state index contributed by atoms with van der Waals surface area (Å²) in [5.41, 5.74) is 5.71. The lowest BCUT2D eigenvalue weighted by Crippen LogP contribution is -2.38. The minimum Gasteiger partial charge on any atom is -0.349 e. The van der Waals surface area contributed by atoms with E-state index in [0.29, 0.717) is 50.0 Å². The Hall–Kier alpha value is -3.09. The second kappa shape index (κ2) is 15.4. The lowest BCUT2D eigenvalue weighted by molar-refractivity contribution is -0.188. The molecule has 2 aliphatic carbocycles. The standard InChI is InChI=1S/C37H46O5/c1-5-7-23-41-36(39-3)21-19-33(31(27-36)25-29-15-11-9-12-16-29)35(38)34-20-22-37(40-4,42-24-8-6-2)28-32(34)26-30-17-13-10-14-18-30/h9-22H,5-8,23-28H2,1-4H3. The highest BCUT2D eigenvalue weighted by Crippen LogP contribution is 2.38. The SMILES string of the molecule is CCCCOC1(OC)C=CC(C(=O)C2=C(Cc3ccccc3)CC(OC)(OCCCC)C=C2)=C(Cc2ccccc2)C1. The Morgan fingerprint density at radius 2 is 1.07 bits per heavy atom. The molecule has 5 heteroatoms. The van der Waals surface area contributed by atoms with Gasteiger partial charge in [-0.3, -0.25) is 4.79 Å². The summed E-state index contributed by atoms with van der Waals surface area (Å²) in [5, 5.41) is 0. The molecule has 0 saturated carbocycles. The van der Waals surface area contributed by atoms with Gasteiger partial charge in [-0.2, -0.15) is 0 Å². The van der Waals surface area contributed by atoms with Gasteiger partial charge in [-0.1, -0.05) is 87.4 Å². The Bertz CT molecular complexity index is 1190. The Balaban J connectivity index is 1.73. The van der Waals surface area contributed by atoms with Crippen molar-refractivity contribution in [3.8, 4) is 0 Å². The minimum atomic E-state index is -0.884. The molecule has 2 aromatic rings. The van der Waals surface area contributed by atoms with Crippen LogP contribution >= 0.6 is 0 Å². The van der Waals surface area contributed by atoms with Gasteiger partial charge < -0.3 is 18.9 Å². The van der Waals surface area contributed by atoms with Gasteiger partial charge in [-0.25, -0.2) is 0 Å². The Morgan fingerprint density at radius 3 is 1.43 bits per heavy atom. The summed E-state index contributed by atoms with van der Waals surface area (Å²) < 4.78 is 24.4. The van der Waals surface area contributed by atoms with E-state index in [-0.39, 0.29) is 5.78 Å². The molecule has 2 atom stereocenters. The molecule has 4 rings (SSSR count). The first-order chi connectivity index (χ1) is 20.5. The van der Waals surface area contributed by atoms with Crippen molar-refractivity contribution in [3.05, 3.63) is 118 Å². The first-order valence-electron chi connectivity index (χ1n) is 15.3. The van der Waals surface area contributed by atoms with Crippen LogP contribution in [0.15, 0.2) is 107 Å². The third-order valence-corrected chi connectivity index (χ3v) is 8.08. The summed E-state index contributed by atoms with van der Waals surface area (Å²) in [5.74, 6) is -1.76. The van der Waals surface area contributed by atoms with Crippen molar-refractivity contribution < 1.29 is 23.7 Å². The lowest BCUT2D eigenvalue weighted by atomic mass is 9.81. The third-order valence-electron chi connectivity index (χ3n) is 8.08. The van der Waals surface area contributed by atoms with E-state index in [0.717, 1.165) is 48.0 Å². The zero-order valence-electron chi connectivity index (χ0n) is 25.7. The van der Waals surface area contributed by atoms with Gasteiger partial charge in [0.1, 0.15) is 0 Å². The Labute approximate surface area is 251 Å². The maximum absolute atomic E-state index is 14.5. The van der Waals surface area contributed by atoms with Gasteiger partial charge >= 0.3 is 0 Å². The average molecular weight is 571 g/mol. The summed E-state index contributed by atoms with van der Waals surface area (Å²) in [7, 11) is 3.35. The fraction of sp³-hybridized carbons (Fsp3) is 0.432. The number of rotatable bonds is 16. The normalized spacial score (nSPS) is 22.2. The van der Waals surface area contributed by atoms with Crippen molar-refractivity contribution >= 4 is 5.78 Å². The number of hydrogen-bond donors (Lipinski definition) is 0. The van der Waals surface area contributed by atoms with Crippen molar-refractivity contribution in [1.29, 1.82) is 0 Å². The van der Waals surface area contributed by atoms with Crippen molar-refractivity contribution in [3.63, 3.8) is 0 Å². The number of allylic oxidation sites excluding steroid dienone is 4. The second-order valence-corrected chi connectivity index (χ2v) is 11.1. The number of ketones is 1. The molecular formula is C37H46O5. The van der Waals surface area contributed by atoms with Crippen LogP contribution in [-0.2, 0) is 36.6 Å². The third kappa shape index (κ3) is 8.05. The van der Waals surface area contributed by atoms with Crippen LogP contribution in [0.5, 0.6) is 0 Å². The van der Waals surface area contributed by atoms with E-state index in [1.165, 1.54) is 0 Å². The van der Waals surface area contributed by atoms with Crippen molar-refractivity contribution in [2.24, 2.45) is 0 Å². The van der Waals surface area contributed by atoms with Crippen LogP contribution in [0.1, 0.15) is 63.5 Å². The molecule has 0 radical (unpaired) electrons. The molecule has 0 saturated heterocycles. The molecule has 224 valence electrons. The largest absolute Gasteiger partial charge is 0.349 e. The molecule has 0 amide bonds. The minimum absolute atomic E-state index is 0.0101. The van der Waals surface area contributed by atoms with Gasteiger partial charge in [0.15, 0.2) is 17.4 Å². The highest BCUT2D eigenvalue weighted by atomic mass is 16.7. The number of carbonyl (C=O) groups excluding carboxylic acids is 1.